The number of rotatable bonds is 5. The molecule has 2 aromatic rings. The van der Waals surface area contributed by atoms with Crippen molar-refractivity contribution >= 4 is 11.5 Å². The summed E-state index contributed by atoms with van der Waals surface area (Å²) in [5.74, 6) is -0.945. The molecule has 1 aromatic carbocycles. The number of carboxylic acid groups (broad SMARTS) is 1. The molecule has 0 saturated carbocycles. The van der Waals surface area contributed by atoms with Gasteiger partial charge in [-0.15, -0.1) is 0 Å². The Kier molecular flexibility index (Phi) is 5.47. The number of benzene rings is 1. The van der Waals surface area contributed by atoms with E-state index in [9.17, 15) is 4.79 Å². The van der Waals surface area contributed by atoms with Crippen LogP contribution in [-0.2, 0) is 17.3 Å². The second-order valence-corrected chi connectivity index (χ2v) is 9.20. The lowest BCUT2D eigenvalue weighted by molar-refractivity contribution is 0.0696. The van der Waals surface area contributed by atoms with Crippen molar-refractivity contribution in [2.45, 2.75) is 71.1 Å². The van der Waals surface area contributed by atoms with Crippen LogP contribution in [-0.4, -0.2) is 16.1 Å². The molecule has 148 valence electrons. The lowest BCUT2D eigenvalue weighted by Crippen LogP contribution is -2.33. The monoisotopic (exact) mass is 377 g/mol. The Bertz CT molecular complexity index is 905. The third-order valence-corrected chi connectivity index (χ3v) is 6.10. The summed E-state index contributed by atoms with van der Waals surface area (Å²) in [5.41, 5.74) is 6.85. The summed E-state index contributed by atoms with van der Waals surface area (Å²) >= 11 is 0. The molecule has 3 heteroatoms. The molecule has 3 rings (SSSR count). The van der Waals surface area contributed by atoms with Gasteiger partial charge in [0, 0.05) is 6.20 Å². The topological polar surface area (TPSA) is 50.2 Å². The van der Waals surface area contributed by atoms with Crippen LogP contribution in [0.4, 0.5) is 0 Å². The van der Waals surface area contributed by atoms with Crippen molar-refractivity contribution in [2.75, 3.05) is 0 Å². The fourth-order valence-corrected chi connectivity index (χ4v) is 4.19. The molecule has 0 amide bonds. The summed E-state index contributed by atoms with van der Waals surface area (Å²) in [6.45, 7) is 11.5. The predicted molar refractivity (Wildman–Crippen MR) is 115 cm³/mol. The summed E-state index contributed by atoms with van der Waals surface area (Å²) < 4.78 is 0. The number of hydrogen-bond acceptors (Lipinski definition) is 2. The minimum atomic E-state index is -0.945. The van der Waals surface area contributed by atoms with Gasteiger partial charge >= 0.3 is 5.97 Å². The number of aromatic carboxylic acids is 1. The standard InChI is InChI=1S/C25H31NO2/c1-6-7-18(22-11-9-19(16-26-22)23(27)28)14-17-8-10-20-21(15-17)25(4,5)13-12-24(20,2)3/h7-11,15-16H,6,12-14H2,1-5H3,(H,27,28)/b18-7-. The maximum atomic E-state index is 11.1. The highest BCUT2D eigenvalue weighted by atomic mass is 16.4. The number of fused-ring (bicyclic) bond motifs is 1. The molecule has 1 aliphatic carbocycles. The molecule has 1 heterocycles. The van der Waals surface area contributed by atoms with Crippen LogP contribution < -0.4 is 0 Å². The van der Waals surface area contributed by atoms with E-state index in [-0.39, 0.29) is 16.4 Å². The van der Waals surface area contributed by atoms with Crippen molar-refractivity contribution in [3.63, 3.8) is 0 Å². The Labute approximate surface area is 168 Å². The van der Waals surface area contributed by atoms with Crippen molar-refractivity contribution in [2.24, 2.45) is 0 Å². The van der Waals surface area contributed by atoms with Crippen molar-refractivity contribution < 1.29 is 9.90 Å². The zero-order valence-electron chi connectivity index (χ0n) is 17.7. The van der Waals surface area contributed by atoms with Crippen LogP contribution >= 0.6 is 0 Å². The highest BCUT2D eigenvalue weighted by molar-refractivity contribution is 5.87. The second-order valence-electron chi connectivity index (χ2n) is 9.20. The maximum Gasteiger partial charge on any atom is 0.337 e. The van der Waals surface area contributed by atoms with Gasteiger partial charge in [0.15, 0.2) is 0 Å². The second kappa shape index (κ2) is 7.54. The summed E-state index contributed by atoms with van der Waals surface area (Å²) in [6, 6.07) is 10.4. The van der Waals surface area contributed by atoms with Crippen LogP contribution in [0.1, 0.15) is 86.6 Å². The lowest BCUT2D eigenvalue weighted by Gasteiger charge is -2.42. The minimum absolute atomic E-state index is 0.191. The molecular weight excluding hydrogens is 346 g/mol. The molecule has 0 atom stereocenters. The summed E-state index contributed by atoms with van der Waals surface area (Å²) in [6.07, 6.45) is 7.77. The molecule has 28 heavy (non-hydrogen) atoms. The molecule has 0 spiro atoms. The maximum absolute atomic E-state index is 11.1. The van der Waals surface area contributed by atoms with Gasteiger partial charge in [-0.05, 0) is 70.9 Å². The SMILES string of the molecule is CC/C=C(/Cc1ccc2c(c1)C(C)(C)CCC2(C)C)c1ccc(C(=O)O)cn1. The zero-order valence-corrected chi connectivity index (χ0v) is 17.7. The summed E-state index contributed by atoms with van der Waals surface area (Å²) in [4.78, 5) is 15.5. The van der Waals surface area contributed by atoms with Gasteiger partial charge in [0.1, 0.15) is 0 Å². The summed E-state index contributed by atoms with van der Waals surface area (Å²) in [5, 5.41) is 9.10. The Morgan fingerprint density at radius 3 is 2.32 bits per heavy atom. The van der Waals surface area contributed by atoms with Crippen LogP contribution in [0.5, 0.6) is 0 Å². The Balaban J connectivity index is 1.95. The van der Waals surface area contributed by atoms with Gasteiger partial charge in [-0.2, -0.15) is 0 Å². The molecule has 0 saturated heterocycles. The van der Waals surface area contributed by atoms with Crippen LogP contribution in [0.15, 0.2) is 42.6 Å². The molecule has 1 N–H and O–H groups in total. The molecule has 0 radical (unpaired) electrons. The number of pyridine rings is 1. The van der Waals surface area contributed by atoms with E-state index < -0.39 is 5.97 Å². The van der Waals surface area contributed by atoms with E-state index in [0.29, 0.717) is 0 Å². The highest BCUT2D eigenvalue weighted by Crippen LogP contribution is 2.46. The average Bonchev–Trinajstić information content (AvgIpc) is 2.65. The van der Waals surface area contributed by atoms with E-state index in [0.717, 1.165) is 24.1 Å². The van der Waals surface area contributed by atoms with E-state index >= 15 is 0 Å². The van der Waals surface area contributed by atoms with Gasteiger partial charge in [0.25, 0.3) is 0 Å². The van der Waals surface area contributed by atoms with E-state index in [1.807, 2.05) is 6.07 Å². The van der Waals surface area contributed by atoms with Gasteiger partial charge in [0.05, 0.1) is 11.3 Å². The van der Waals surface area contributed by atoms with Crippen molar-refractivity contribution in [3.8, 4) is 0 Å². The molecule has 1 aliphatic rings. The van der Waals surface area contributed by atoms with Crippen LogP contribution in [0.25, 0.3) is 5.57 Å². The van der Waals surface area contributed by atoms with E-state index in [4.69, 9.17) is 5.11 Å². The third kappa shape index (κ3) is 4.04. The Morgan fingerprint density at radius 1 is 1.07 bits per heavy atom. The van der Waals surface area contributed by atoms with Crippen LogP contribution in [0.3, 0.4) is 0 Å². The van der Waals surface area contributed by atoms with Crippen molar-refractivity contribution in [3.05, 3.63) is 70.6 Å². The van der Waals surface area contributed by atoms with Crippen molar-refractivity contribution in [1.29, 1.82) is 0 Å². The number of hydrogen-bond donors (Lipinski definition) is 1. The number of carbonyl (C=O) groups is 1. The van der Waals surface area contributed by atoms with Gasteiger partial charge in [-0.25, -0.2) is 4.79 Å². The van der Waals surface area contributed by atoms with Gasteiger partial charge in [-0.1, -0.05) is 58.9 Å². The molecule has 0 unspecified atom stereocenters. The smallest absolute Gasteiger partial charge is 0.337 e. The first kappa shape index (κ1) is 20.3. The molecule has 0 bridgehead atoms. The zero-order chi connectivity index (χ0) is 20.5. The van der Waals surface area contributed by atoms with E-state index in [1.165, 1.54) is 35.7 Å². The third-order valence-electron chi connectivity index (χ3n) is 6.10. The molecular formula is C25H31NO2. The predicted octanol–water partition coefficient (Wildman–Crippen LogP) is 6.16. The largest absolute Gasteiger partial charge is 0.478 e. The number of allylic oxidation sites excluding steroid dienone is 2. The quantitative estimate of drug-likeness (QED) is 0.678. The minimum Gasteiger partial charge on any atom is -0.478 e. The first-order valence-corrected chi connectivity index (χ1v) is 10.2. The van der Waals surface area contributed by atoms with E-state index in [1.54, 1.807) is 6.07 Å². The molecule has 1 aromatic heterocycles. The lowest BCUT2D eigenvalue weighted by atomic mass is 9.63. The summed E-state index contributed by atoms with van der Waals surface area (Å²) in [7, 11) is 0. The van der Waals surface area contributed by atoms with Gasteiger partial charge in [0.2, 0.25) is 0 Å². The number of carboxylic acids is 1. The number of nitrogens with zero attached hydrogens (tertiary/aromatic N) is 1. The molecule has 3 nitrogen and oxygen atoms in total. The van der Waals surface area contributed by atoms with E-state index in [2.05, 4.69) is 63.9 Å². The fourth-order valence-electron chi connectivity index (χ4n) is 4.19. The van der Waals surface area contributed by atoms with Gasteiger partial charge in [-0.3, -0.25) is 4.98 Å². The van der Waals surface area contributed by atoms with Gasteiger partial charge < -0.3 is 5.11 Å². The molecule has 0 aliphatic heterocycles. The number of aromatic nitrogens is 1. The van der Waals surface area contributed by atoms with Crippen LogP contribution in [0.2, 0.25) is 0 Å². The fraction of sp³-hybridized carbons (Fsp3) is 0.440. The average molecular weight is 378 g/mol. The Hall–Kier alpha value is -2.42. The van der Waals surface area contributed by atoms with Crippen LogP contribution in [0, 0.1) is 0 Å². The Morgan fingerprint density at radius 2 is 1.75 bits per heavy atom. The van der Waals surface area contributed by atoms with Crippen molar-refractivity contribution in [1.82, 2.24) is 4.98 Å². The molecule has 0 fully saturated rings. The first-order valence-electron chi connectivity index (χ1n) is 10.2. The normalized spacial score (nSPS) is 17.8. The first-order chi connectivity index (χ1) is 13.1. The highest BCUT2D eigenvalue weighted by Gasteiger charge is 2.36.